The van der Waals surface area contributed by atoms with Crippen molar-refractivity contribution in [3.8, 4) is 0 Å². The Hall–Kier alpha value is 0.250. The minimum Gasteiger partial charge on any atom is -0.394 e. The molecule has 0 aromatic heterocycles. The van der Waals surface area contributed by atoms with E-state index in [2.05, 4.69) is 13.1 Å². The van der Waals surface area contributed by atoms with Gasteiger partial charge in [-0.1, -0.05) is 0 Å². The molecule has 138 valence electrons. The van der Waals surface area contributed by atoms with Crippen LogP contribution in [0.5, 0.6) is 0 Å². The van der Waals surface area contributed by atoms with E-state index in [1.165, 1.54) is 0 Å². The van der Waals surface area contributed by atoms with Crippen molar-refractivity contribution in [3.05, 3.63) is 0 Å². The monoisotopic (exact) mass is 404 g/mol. The van der Waals surface area contributed by atoms with Gasteiger partial charge in [-0.2, -0.15) is 8.62 Å². The smallest absolute Gasteiger partial charge is 0.394 e. The molecule has 6 atom stereocenters. The highest BCUT2D eigenvalue weighted by Gasteiger charge is 2.45. The summed E-state index contributed by atoms with van der Waals surface area (Å²) >= 11 is 0. The zero-order valence-corrected chi connectivity index (χ0v) is 13.7. The van der Waals surface area contributed by atoms with Crippen LogP contribution < -0.4 is 0 Å². The lowest BCUT2D eigenvalue weighted by Gasteiger charge is -2.36. The number of aliphatic hydroxyl groups excluding tert-OH is 3. The van der Waals surface area contributed by atoms with Crippen LogP contribution in [0.3, 0.4) is 0 Å². The lowest BCUT2D eigenvalue weighted by Crippen LogP contribution is -2.50. The average molecular weight is 404 g/mol. The van der Waals surface area contributed by atoms with Gasteiger partial charge in [-0.15, -0.1) is 0 Å². The highest BCUT2D eigenvalue weighted by Crippen LogP contribution is 2.66. The topological polar surface area (TPSA) is 230 Å². The van der Waals surface area contributed by atoms with Gasteiger partial charge in [-0.05, 0) is 0 Å². The van der Waals surface area contributed by atoms with E-state index in [1.54, 1.807) is 0 Å². The van der Waals surface area contributed by atoms with E-state index in [0.717, 1.165) is 0 Å². The van der Waals surface area contributed by atoms with Crippen molar-refractivity contribution >= 4 is 23.5 Å². The Morgan fingerprint density at radius 2 is 1.57 bits per heavy atom. The Labute approximate surface area is 128 Å². The number of phosphoric acid groups is 3. The van der Waals surface area contributed by atoms with Gasteiger partial charge in [0.15, 0.2) is 6.29 Å². The lowest BCUT2D eigenvalue weighted by molar-refractivity contribution is -0.233. The molecule has 23 heavy (non-hydrogen) atoms. The molecule has 17 heteroatoms. The van der Waals surface area contributed by atoms with Crippen LogP contribution in [0.1, 0.15) is 6.42 Å². The maximum absolute atomic E-state index is 11.5. The summed E-state index contributed by atoms with van der Waals surface area (Å²) in [6.45, 7) is -0.783. The maximum Gasteiger partial charge on any atom is 0.490 e. The normalized spacial score (nSPS) is 34.6. The standard InChI is InChI=1S/C6H15O14P3/c7-2-4-6(9)3(8)1-5(17-4)18-22(13,14)20-23(15,16)19-21(10,11)12/h3-9H,1-2H2,(H,13,14)(H,15,16)(H2,10,11,12)/t3-,4-,5+,6+/m1/s1. The van der Waals surface area contributed by atoms with Crippen molar-refractivity contribution < 1.29 is 66.5 Å². The van der Waals surface area contributed by atoms with Crippen LogP contribution in [0, 0.1) is 0 Å². The second-order valence-electron chi connectivity index (χ2n) is 4.28. The Kier molecular flexibility index (Phi) is 7.08. The fourth-order valence-electron chi connectivity index (χ4n) is 1.58. The summed E-state index contributed by atoms with van der Waals surface area (Å²) in [7, 11) is -16.6. The molecular formula is C6H15O14P3. The SMILES string of the molecule is O=P(O)(O)OP(=O)(O)OP(=O)(O)O[C@H]1C[C@@H](O)[C@H](O)[C@@H](CO)O1. The van der Waals surface area contributed by atoms with Crippen molar-refractivity contribution in [2.75, 3.05) is 6.61 Å². The second kappa shape index (κ2) is 7.65. The second-order valence-corrected chi connectivity index (χ2v) is 8.65. The first kappa shape index (κ1) is 21.3. The van der Waals surface area contributed by atoms with Crippen molar-refractivity contribution in [2.24, 2.45) is 0 Å². The molecule has 0 spiro atoms. The van der Waals surface area contributed by atoms with Gasteiger partial charge >= 0.3 is 23.5 Å². The predicted octanol–water partition coefficient (Wildman–Crippen LogP) is -1.84. The van der Waals surface area contributed by atoms with Gasteiger partial charge in [0.25, 0.3) is 0 Å². The number of aliphatic hydroxyl groups is 3. The van der Waals surface area contributed by atoms with E-state index in [1.807, 2.05) is 0 Å². The van der Waals surface area contributed by atoms with E-state index in [4.69, 9.17) is 24.5 Å². The molecule has 0 amide bonds. The molecule has 1 saturated heterocycles. The fourth-order valence-corrected chi connectivity index (χ4v) is 4.67. The van der Waals surface area contributed by atoms with Crippen molar-refractivity contribution in [1.82, 2.24) is 0 Å². The first-order valence-corrected chi connectivity index (χ1v) is 10.2. The summed E-state index contributed by atoms with van der Waals surface area (Å²) in [4.78, 5) is 34.9. The molecule has 1 heterocycles. The first-order chi connectivity index (χ1) is 10.2. The third-order valence-corrected chi connectivity index (χ3v) is 6.21. The van der Waals surface area contributed by atoms with E-state index >= 15 is 0 Å². The number of phosphoric ester groups is 1. The third-order valence-electron chi connectivity index (χ3n) is 2.38. The molecule has 7 N–H and O–H groups in total. The minimum atomic E-state index is -5.67. The molecule has 0 aliphatic carbocycles. The molecular weight excluding hydrogens is 389 g/mol. The molecule has 1 rings (SSSR count). The van der Waals surface area contributed by atoms with Gasteiger partial charge in [0.05, 0.1) is 12.7 Å². The summed E-state index contributed by atoms with van der Waals surface area (Å²) < 4.78 is 49.2. The van der Waals surface area contributed by atoms with E-state index in [0.29, 0.717) is 0 Å². The molecule has 0 saturated carbocycles. The van der Waals surface area contributed by atoms with Crippen LogP contribution in [-0.4, -0.2) is 66.1 Å². The molecule has 0 radical (unpaired) electrons. The Balaban J connectivity index is 2.73. The average Bonchev–Trinajstić information content (AvgIpc) is 2.27. The van der Waals surface area contributed by atoms with Gasteiger partial charge in [0, 0.05) is 6.42 Å². The largest absolute Gasteiger partial charge is 0.490 e. The molecule has 14 nitrogen and oxygen atoms in total. The van der Waals surface area contributed by atoms with Gasteiger partial charge in [0.2, 0.25) is 0 Å². The van der Waals surface area contributed by atoms with Crippen LogP contribution in [0.25, 0.3) is 0 Å². The molecule has 2 unspecified atom stereocenters. The summed E-state index contributed by atoms with van der Waals surface area (Å²) in [6, 6.07) is 0. The van der Waals surface area contributed by atoms with Crippen LogP contribution in [0.15, 0.2) is 0 Å². The highest BCUT2D eigenvalue weighted by molar-refractivity contribution is 7.66. The van der Waals surface area contributed by atoms with Gasteiger partial charge in [0.1, 0.15) is 12.2 Å². The molecule has 0 aromatic rings. The first-order valence-electron chi connectivity index (χ1n) is 5.69. The molecule has 1 aliphatic rings. The highest BCUT2D eigenvalue weighted by atomic mass is 31.3. The van der Waals surface area contributed by atoms with Gasteiger partial charge in [-0.3, -0.25) is 4.52 Å². The number of rotatable bonds is 7. The van der Waals surface area contributed by atoms with Crippen molar-refractivity contribution in [1.29, 1.82) is 0 Å². The van der Waals surface area contributed by atoms with Crippen LogP contribution in [0.2, 0.25) is 0 Å². The predicted molar refractivity (Wildman–Crippen MR) is 67.3 cm³/mol. The number of hydrogen-bond acceptors (Lipinski definition) is 10. The van der Waals surface area contributed by atoms with Gasteiger partial charge in [-0.25, -0.2) is 13.7 Å². The maximum atomic E-state index is 11.5. The van der Waals surface area contributed by atoms with Crippen LogP contribution in [-0.2, 0) is 31.6 Å². The van der Waals surface area contributed by atoms with E-state index in [9.17, 15) is 28.8 Å². The number of ether oxygens (including phenoxy) is 1. The molecule has 1 aliphatic heterocycles. The molecule has 0 bridgehead atoms. The summed E-state index contributed by atoms with van der Waals surface area (Å²) in [6.07, 6.45) is -6.72. The lowest BCUT2D eigenvalue weighted by atomic mass is 10.0. The zero-order valence-electron chi connectivity index (χ0n) is 11.1. The fraction of sp³-hybridized carbons (Fsp3) is 1.00. The molecule has 1 fully saturated rings. The quantitative estimate of drug-likeness (QED) is 0.231. The summed E-state index contributed by atoms with van der Waals surface area (Å²) in [5.74, 6) is 0. The Morgan fingerprint density at radius 3 is 2.04 bits per heavy atom. The van der Waals surface area contributed by atoms with E-state index < -0.39 is 61.1 Å². The Morgan fingerprint density at radius 1 is 1.00 bits per heavy atom. The minimum absolute atomic E-state index is 0.569. The zero-order chi connectivity index (χ0) is 18.1. The van der Waals surface area contributed by atoms with Crippen LogP contribution >= 0.6 is 23.5 Å². The van der Waals surface area contributed by atoms with Crippen molar-refractivity contribution in [3.63, 3.8) is 0 Å². The Bertz CT molecular complexity index is 543. The third kappa shape index (κ3) is 7.34. The summed E-state index contributed by atoms with van der Waals surface area (Å²) in [5, 5.41) is 27.8. The molecule has 0 aromatic carbocycles. The number of hydrogen-bond donors (Lipinski definition) is 7. The van der Waals surface area contributed by atoms with Gasteiger partial charge < -0.3 is 39.6 Å². The van der Waals surface area contributed by atoms with Crippen molar-refractivity contribution in [2.45, 2.75) is 31.0 Å². The van der Waals surface area contributed by atoms with E-state index in [-0.39, 0.29) is 0 Å². The van der Waals surface area contributed by atoms with Crippen LogP contribution in [0.4, 0.5) is 0 Å². The summed E-state index contributed by atoms with van der Waals surface area (Å²) in [5.41, 5.74) is 0.